The van der Waals surface area contributed by atoms with Crippen LogP contribution >= 0.6 is 15.9 Å². The Labute approximate surface area is 99.0 Å². The van der Waals surface area contributed by atoms with Crippen LogP contribution in [-0.2, 0) is 0 Å². The second kappa shape index (κ2) is 5.61. The maximum Gasteiger partial charge on any atom is 0.137 e. The molecule has 2 N–H and O–H groups in total. The zero-order chi connectivity index (χ0) is 11.4. The molecule has 1 rings (SSSR count). The van der Waals surface area contributed by atoms with E-state index in [1.807, 2.05) is 0 Å². The minimum absolute atomic E-state index is 0.00398. The third kappa shape index (κ3) is 3.92. The number of hydrogen-bond donors (Lipinski definition) is 1. The van der Waals surface area contributed by atoms with E-state index < -0.39 is 0 Å². The van der Waals surface area contributed by atoms with Crippen LogP contribution in [0.3, 0.4) is 0 Å². The minimum atomic E-state index is -0.241. The van der Waals surface area contributed by atoms with Gasteiger partial charge in [-0.15, -0.1) is 0 Å². The number of rotatable bonds is 4. The molecule has 0 aromatic heterocycles. The Morgan fingerprint density at radius 1 is 1.33 bits per heavy atom. The summed E-state index contributed by atoms with van der Waals surface area (Å²) in [5.41, 5.74) is 7.01. The molecular weight excluding hydrogens is 257 g/mol. The molecule has 0 amide bonds. The summed E-state index contributed by atoms with van der Waals surface area (Å²) in [6, 6.07) is 4.98. The second-order valence-corrected chi connectivity index (χ2v) is 5.11. The summed E-state index contributed by atoms with van der Waals surface area (Å²) in [7, 11) is 0. The van der Waals surface area contributed by atoms with Crippen molar-refractivity contribution in [3.63, 3.8) is 0 Å². The van der Waals surface area contributed by atoms with Crippen molar-refractivity contribution in [1.29, 1.82) is 0 Å². The number of halogens is 2. The summed E-state index contributed by atoms with van der Waals surface area (Å²) in [4.78, 5) is 0. The van der Waals surface area contributed by atoms with Gasteiger partial charge < -0.3 is 5.73 Å². The first kappa shape index (κ1) is 12.7. The van der Waals surface area contributed by atoms with Crippen LogP contribution in [0.15, 0.2) is 22.7 Å². The lowest BCUT2D eigenvalue weighted by molar-refractivity contribution is 0.506. The molecule has 3 heteroatoms. The molecule has 0 aliphatic carbocycles. The molecule has 0 heterocycles. The predicted molar refractivity (Wildman–Crippen MR) is 65.1 cm³/mol. The van der Waals surface area contributed by atoms with Crippen LogP contribution in [0.25, 0.3) is 0 Å². The van der Waals surface area contributed by atoms with Crippen molar-refractivity contribution >= 4 is 15.9 Å². The first-order valence-corrected chi connectivity index (χ1v) is 6.00. The largest absolute Gasteiger partial charge is 0.324 e. The summed E-state index contributed by atoms with van der Waals surface area (Å²) >= 11 is 3.16. The molecule has 0 fully saturated rings. The maximum atomic E-state index is 13.0. The maximum absolute atomic E-state index is 13.0. The van der Waals surface area contributed by atoms with E-state index in [0.29, 0.717) is 10.4 Å². The Balaban J connectivity index is 2.65. The van der Waals surface area contributed by atoms with Crippen LogP contribution in [0, 0.1) is 11.7 Å². The smallest absolute Gasteiger partial charge is 0.137 e. The van der Waals surface area contributed by atoms with Gasteiger partial charge in [-0.25, -0.2) is 4.39 Å². The van der Waals surface area contributed by atoms with E-state index in [-0.39, 0.29) is 11.9 Å². The van der Waals surface area contributed by atoms with Crippen LogP contribution in [0.5, 0.6) is 0 Å². The van der Waals surface area contributed by atoms with E-state index in [1.165, 1.54) is 6.07 Å². The van der Waals surface area contributed by atoms with E-state index in [2.05, 4.69) is 29.8 Å². The molecule has 0 radical (unpaired) electrons. The van der Waals surface area contributed by atoms with Crippen molar-refractivity contribution in [2.75, 3.05) is 0 Å². The highest BCUT2D eigenvalue weighted by Crippen LogP contribution is 2.23. The zero-order valence-electron chi connectivity index (χ0n) is 9.13. The molecule has 15 heavy (non-hydrogen) atoms. The van der Waals surface area contributed by atoms with Gasteiger partial charge in [0.1, 0.15) is 5.82 Å². The first-order chi connectivity index (χ1) is 7.00. The molecule has 84 valence electrons. The van der Waals surface area contributed by atoms with Crippen LogP contribution in [0.4, 0.5) is 4.39 Å². The summed E-state index contributed by atoms with van der Waals surface area (Å²) in [5.74, 6) is 0.412. The summed E-state index contributed by atoms with van der Waals surface area (Å²) in [6.07, 6.45) is 2.03. The van der Waals surface area contributed by atoms with Crippen LogP contribution in [0.2, 0.25) is 0 Å². The van der Waals surface area contributed by atoms with E-state index in [9.17, 15) is 4.39 Å². The zero-order valence-corrected chi connectivity index (χ0v) is 10.7. The van der Waals surface area contributed by atoms with Gasteiger partial charge >= 0.3 is 0 Å². The molecule has 1 atom stereocenters. The van der Waals surface area contributed by atoms with Crippen molar-refractivity contribution in [3.8, 4) is 0 Å². The molecule has 0 aliphatic rings. The highest BCUT2D eigenvalue weighted by Gasteiger charge is 2.09. The van der Waals surface area contributed by atoms with Gasteiger partial charge in [0.05, 0.1) is 4.47 Å². The average Bonchev–Trinajstić information content (AvgIpc) is 2.18. The van der Waals surface area contributed by atoms with Gasteiger partial charge in [-0.2, -0.15) is 0 Å². The van der Waals surface area contributed by atoms with Crippen molar-refractivity contribution in [2.24, 2.45) is 11.7 Å². The molecular formula is C12H17BrFN. The van der Waals surface area contributed by atoms with Gasteiger partial charge in [0.2, 0.25) is 0 Å². The molecule has 0 unspecified atom stereocenters. The Bertz CT molecular complexity index is 325. The minimum Gasteiger partial charge on any atom is -0.324 e. The molecule has 0 saturated heterocycles. The van der Waals surface area contributed by atoms with E-state index in [1.54, 1.807) is 12.1 Å². The van der Waals surface area contributed by atoms with Crippen LogP contribution < -0.4 is 5.73 Å². The summed E-state index contributed by atoms with van der Waals surface area (Å²) in [6.45, 7) is 4.35. The second-order valence-electron chi connectivity index (χ2n) is 4.25. The Kier molecular flexibility index (Phi) is 4.74. The molecule has 0 bridgehead atoms. The topological polar surface area (TPSA) is 26.0 Å². The van der Waals surface area contributed by atoms with Gasteiger partial charge in [0, 0.05) is 6.04 Å². The van der Waals surface area contributed by atoms with Crippen molar-refractivity contribution in [2.45, 2.75) is 32.7 Å². The van der Waals surface area contributed by atoms with Crippen LogP contribution in [0.1, 0.15) is 38.3 Å². The fourth-order valence-electron chi connectivity index (χ4n) is 1.42. The molecule has 0 saturated carbocycles. The monoisotopic (exact) mass is 273 g/mol. The van der Waals surface area contributed by atoms with Crippen LogP contribution in [-0.4, -0.2) is 0 Å². The standard InChI is InChI=1S/C12H17BrFN/c1-8(2)3-6-12(15)9-4-5-11(14)10(13)7-9/h4-5,7-8,12H,3,6,15H2,1-2H3/t12-/m0/s1. The van der Waals surface area contributed by atoms with Crippen molar-refractivity contribution in [1.82, 2.24) is 0 Å². The molecule has 1 aromatic carbocycles. The van der Waals surface area contributed by atoms with Crippen molar-refractivity contribution in [3.05, 3.63) is 34.1 Å². The van der Waals surface area contributed by atoms with Crippen molar-refractivity contribution < 1.29 is 4.39 Å². The van der Waals surface area contributed by atoms with Gasteiger partial charge in [-0.1, -0.05) is 19.9 Å². The fraction of sp³-hybridized carbons (Fsp3) is 0.500. The SMILES string of the molecule is CC(C)CC[C@H](N)c1ccc(F)c(Br)c1. The molecule has 0 spiro atoms. The third-order valence-corrected chi connectivity index (χ3v) is 3.03. The van der Waals surface area contributed by atoms with E-state index in [4.69, 9.17) is 5.73 Å². The Morgan fingerprint density at radius 2 is 2.00 bits per heavy atom. The van der Waals surface area contributed by atoms with Gasteiger partial charge in [-0.3, -0.25) is 0 Å². The molecule has 1 nitrogen and oxygen atoms in total. The lowest BCUT2D eigenvalue weighted by atomic mass is 9.98. The van der Waals surface area contributed by atoms with Gasteiger partial charge in [-0.05, 0) is 52.4 Å². The Hall–Kier alpha value is -0.410. The number of nitrogens with two attached hydrogens (primary N) is 1. The number of hydrogen-bond acceptors (Lipinski definition) is 1. The normalized spacial score (nSPS) is 13.2. The van der Waals surface area contributed by atoms with E-state index in [0.717, 1.165) is 18.4 Å². The fourth-order valence-corrected chi connectivity index (χ4v) is 1.82. The number of benzene rings is 1. The summed E-state index contributed by atoms with van der Waals surface area (Å²) in [5, 5.41) is 0. The molecule has 1 aromatic rings. The van der Waals surface area contributed by atoms with Gasteiger partial charge in [0.25, 0.3) is 0 Å². The third-order valence-electron chi connectivity index (χ3n) is 2.43. The highest BCUT2D eigenvalue weighted by atomic mass is 79.9. The summed E-state index contributed by atoms with van der Waals surface area (Å²) < 4.78 is 13.5. The lowest BCUT2D eigenvalue weighted by Gasteiger charge is -2.13. The first-order valence-electron chi connectivity index (χ1n) is 5.21. The molecule has 0 aliphatic heterocycles. The predicted octanol–water partition coefficient (Wildman–Crippen LogP) is 4.02. The van der Waals surface area contributed by atoms with Gasteiger partial charge in [0.15, 0.2) is 0 Å². The Morgan fingerprint density at radius 3 is 2.53 bits per heavy atom. The quantitative estimate of drug-likeness (QED) is 0.881. The highest BCUT2D eigenvalue weighted by molar-refractivity contribution is 9.10. The van der Waals surface area contributed by atoms with E-state index >= 15 is 0 Å². The lowest BCUT2D eigenvalue weighted by Crippen LogP contribution is -2.11. The average molecular weight is 274 g/mol.